The van der Waals surface area contributed by atoms with Crippen LogP contribution in [0.4, 0.5) is 0 Å². The molecule has 1 saturated carbocycles. The molecule has 1 aliphatic carbocycles. The number of amides is 1. The summed E-state index contributed by atoms with van der Waals surface area (Å²) in [5, 5.41) is 3.43. The number of halogens is 1. The maximum Gasteiger partial charge on any atom is 0.251 e. The summed E-state index contributed by atoms with van der Waals surface area (Å²) in [5.41, 5.74) is 0. The topological polar surface area (TPSA) is 60.4 Å². The lowest BCUT2D eigenvalue weighted by atomic mass is 10.2. The highest BCUT2D eigenvalue weighted by atomic mass is 127. The Labute approximate surface area is 187 Å². The lowest BCUT2D eigenvalue weighted by Crippen LogP contribution is -2.55. The number of nitrogens with zero attached hydrogens (tertiary/aromatic N) is 4. The molecule has 1 amide bonds. The summed E-state index contributed by atoms with van der Waals surface area (Å²) in [6.45, 7) is 13.3. The van der Waals surface area contributed by atoms with E-state index in [1.165, 1.54) is 12.8 Å². The van der Waals surface area contributed by atoms with Crippen molar-refractivity contribution in [2.45, 2.75) is 64.6 Å². The lowest BCUT2D eigenvalue weighted by molar-refractivity contribution is -0.142. The molecule has 2 aliphatic heterocycles. The average molecular weight is 507 g/mol. The van der Waals surface area contributed by atoms with Crippen LogP contribution in [0.25, 0.3) is 0 Å². The number of carbonyl (C=O) groups excluding carboxylic acids is 1. The van der Waals surface area contributed by atoms with Gasteiger partial charge in [0, 0.05) is 58.0 Å². The lowest BCUT2D eigenvalue weighted by Gasteiger charge is -2.37. The molecule has 0 radical (unpaired) electrons. The molecular weight excluding hydrogens is 469 g/mol. The van der Waals surface area contributed by atoms with E-state index < -0.39 is 0 Å². The van der Waals surface area contributed by atoms with Gasteiger partial charge in [0.05, 0.1) is 6.54 Å². The van der Waals surface area contributed by atoms with Crippen LogP contribution in [-0.2, 0) is 9.53 Å². The minimum atomic E-state index is -0.206. The molecule has 0 aromatic carbocycles. The van der Waals surface area contributed by atoms with Gasteiger partial charge < -0.3 is 19.9 Å². The third kappa shape index (κ3) is 6.45. The van der Waals surface area contributed by atoms with E-state index in [-0.39, 0.29) is 36.0 Å². The van der Waals surface area contributed by atoms with Gasteiger partial charge >= 0.3 is 0 Å². The van der Waals surface area contributed by atoms with Crippen molar-refractivity contribution < 1.29 is 9.53 Å². The van der Waals surface area contributed by atoms with E-state index in [2.05, 4.69) is 35.9 Å². The van der Waals surface area contributed by atoms with E-state index in [9.17, 15) is 4.79 Å². The first kappa shape index (κ1) is 23.7. The van der Waals surface area contributed by atoms with E-state index in [0.717, 1.165) is 77.3 Å². The normalized spacial score (nSPS) is 23.3. The maximum absolute atomic E-state index is 12.5. The molecule has 1 N–H and O–H groups in total. The standard InChI is InChI=1S/C20H37N5O2.HI/c1-4-21-20(22-9-10-25(16(2)3)17-7-8-17)24-13-11-23(12-14-24)19(26)18-6-5-15-27-18;/h16-18H,4-15H2,1-3H3,(H,21,22);1H. The fourth-order valence-electron chi connectivity index (χ4n) is 4.08. The smallest absolute Gasteiger partial charge is 0.251 e. The fourth-order valence-corrected chi connectivity index (χ4v) is 4.08. The molecule has 3 rings (SSSR count). The average Bonchev–Trinajstić information content (AvgIpc) is 3.35. The fraction of sp³-hybridized carbons (Fsp3) is 0.900. The third-order valence-corrected chi connectivity index (χ3v) is 5.73. The van der Waals surface area contributed by atoms with Crippen molar-refractivity contribution in [3.8, 4) is 0 Å². The van der Waals surface area contributed by atoms with Crippen molar-refractivity contribution in [1.82, 2.24) is 20.0 Å². The molecule has 2 heterocycles. The molecule has 0 aromatic rings. The highest BCUT2D eigenvalue weighted by Crippen LogP contribution is 2.28. The van der Waals surface area contributed by atoms with Gasteiger partial charge in [-0.15, -0.1) is 24.0 Å². The second kappa shape index (κ2) is 11.5. The Morgan fingerprint density at radius 3 is 2.39 bits per heavy atom. The number of hydrogen-bond donors (Lipinski definition) is 1. The van der Waals surface area contributed by atoms with Crippen LogP contribution in [0.2, 0.25) is 0 Å². The van der Waals surface area contributed by atoms with E-state index in [0.29, 0.717) is 6.04 Å². The van der Waals surface area contributed by atoms with E-state index in [1.807, 2.05) is 4.90 Å². The van der Waals surface area contributed by atoms with E-state index >= 15 is 0 Å². The zero-order chi connectivity index (χ0) is 19.2. The molecule has 3 aliphatic rings. The molecule has 162 valence electrons. The van der Waals surface area contributed by atoms with Crippen molar-refractivity contribution >= 4 is 35.8 Å². The third-order valence-electron chi connectivity index (χ3n) is 5.73. The van der Waals surface area contributed by atoms with Crippen molar-refractivity contribution in [3.05, 3.63) is 0 Å². The van der Waals surface area contributed by atoms with Gasteiger partial charge in [0.25, 0.3) is 5.91 Å². The second-order valence-corrected chi connectivity index (χ2v) is 8.11. The quantitative estimate of drug-likeness (QED) is 0.324. The molecule has 1 atom stereocenters. The van der Waals surface area contributed by atoms with Crippen LogP contribution in [-0.4, -0.2) is 97.2 Å². The van der Waals surface area contributed by atoms with Crippen LogP contribution in [0.15, 0.2) is 4.99 Å². The first-order valence-electron chi connectivity index (χ1n) is 10.8. The highest BCUT2D eigenvalue weighted by molar-refractivity contribution is 14.0. The van der Waals surface area contributed by atoms with Crippen molar-refractivity contribution in [3.63, 3.8) is 0 Å². The molecule has 0 bridgehead atoms. The summed E-state index contributed by atoms with van der Waals surface area (Å²) in [6.07, 6.45) is 4.34. The Balaban J connectivity index is 0.00000280. The predicted molar refractivity (Wildman–Crippen MR) is 123 cm³/mol. The summed E-state index contributed by atoms with van der Waals surface area (Å²) in [6, 6.07) is 1.36. The number of aliphatic imine (C=N–C) groups is 1. The van der Waals surface area contributed by atoms with Crippen molar-refractivity contribution in [2.75, 3.05) is 52.4 Å². The van der Waals surface area contributed by atoms with Gasteiger partial charge in [-0.3, -0.25) is 14.7 Å². The Bertz CT molecular complexity index is 511. The van der Waals surface area contributed by atoms with Crippen LogP contribution in [0.3, 0.4) is 0 Å². The molecule has 0 aromatic heterocycles. The summed E-state index contributed by atoms with van der Waals surface area (Å²) >= 11 is 0. The van der Waals surface area contributed by atoms with Crippen LogP contribution in [0, 0.1) is 0 Å². The monoisotopic (exact) mass is 507 g/mol. The number of hydrogen-bond acceptors (Lipinski definition) is 4. The van der Waals surface area contributed by atoms with E-state index in [1.54, 1.807) is 0 Å². The Morgan fingerprint density at radius 2 is 1.86 bits per heavy atom. The molecule has 28 heavy (non-hydrogen) atoms. The van der Waals surface area contributed by atoms with Gasteiger partial charge in [0.15, 0.2) is 5.96 Å². The number of ether oxygens (including phenoxy) is 1. The summed E-state index contributed by atoms with van der Waals surface area (Å²) in [4.78, 5) is 24.2. The van der Waals surface area contributed by atoms with Crippen LogP contribution in [0.5, 0.6) is 0 Å². The SMILES string of the molecule is CCNC(=NCCN(C(C)C)C1CC1)N1CCN(C(=O)C2CCCO2)CC1.I. The largest absolute Gasteiger partial charge is 0.368 e. The molecule has 3 fully saturated rings. The number of piperazine rings is 1. The Kier molecular flexibility index (Phi) is 9.76. The van der Waals surface area contributed by atoms with Gasteiger partial charge in [-0.2, -0.15) is 0 Å². The van der Waals surface area contributed by atoms with Crippen LogP contribution < -0.4 is 5.32 Å². The minimum absolute atomic E-state index is 0. The zero-order valence-corrected chi connectivity index (χ0v) is 20.1. The molecule has 1 unspecified atom stereocenters. The highest BCUT2D eigenvalue weighted by Gasteiger charge is 2.32. The van der Waals surface area contributed by atoms with Gasteiger partial charge in [0.2, 0.25) is 0 Å². The van der Waals surface area contributed by atoms with Crippen molar-refractivity contribution in [1.29, 1.82) is 0 Å². The summed E-state index contributed by atoms with van der Waals surface area (Å²) in [5.74, 6) is 1.16. The van der Waals surface area contributed by atoms with Gasteiger partial charge in [0.1, 0.15) is 6.10 Å². The summed E-state index contributed by atoms with van der Waals surface area (Å²) < 4.78 is 5.55. The maximum atomic E-state index is 12.5. The molecule has 7 nitrogen and oxygen atoms in total. The van der Waals surface area contributed by atoms with Gasteiger partial charge in [-0.05, 0) is 46.5 Å². The predicted octanol–water partition coefficient (Wildman–Crippen LogP) is 1.77. The van der Waals surface area contributed by atoms with Gasteiger partial charge in [-0.1, -0.05) is 0 Å². The Hall–Kier alpha value is -0.610. The second-order valence-electron chi connectivity index (χ2n) is 8.11. The van der Waals surface area contributed by atoms with Crippen LogP contribution >= 0.6 is 24.0 Å². The van der Waals surface area contributed by atoms with Crippen molar-refractivity contribution in [2.24, 2.45) is 4.99 Å². The summed E-state index contributed by atoms with van der Waals surface area (Å²) in [7, 11) is 0. The molecule has 2 saturated heterocycles. The van der Waals surface area contributed by atoms with Gasteiger partial charge in [-0.25, -0.2) is 0 Å². The number of rotatable bonds is 7. The van der Waals surface area contributed by atoms with E-state index in [4.69, 9.17) is 9.73 Å². The zero-order valence-electron chi connectivity index (χ0n) is 17.7. The first-order chi connectivity index (χ1) is 13.1. The number of carbonyl (C=O) groups is 1. The molecule has 8 heteroatoms. The van der Waals surface area contributed by atoms with Crippen LogP contribution in [0.1, 0.15) is 46.5 Å². The molecule has 0 spiro atoms. The molecular formula is C20H38IN5O2. The first-order valence-corrected chi connectivity index (χ1v) is 10.8. The number of nitrogens with one attached hydrogen (secondary N) is 1. The number of guanidine groups is 1. The Morgan fingerprint density at radius 1 is 1.18 bits per heavy atom. The minimum Gasteiger partial charge on any atom is -0.368 e.